The van der Waals surface area contributed by atoms with Gasteiger partial charge < -0.3 is 28.3 Å². The van der Waals surface area contributed by atoms with Crippen LogP contribution in [0.3, 0.4) is 0 Å². The third-order valence-corrected chi connectivity index (χ3v) is 19.3. The number of benzene rings is 2. The van der Waals surface area contributed by atoms with E-state index in [1.54, 1.807) is 0 Å². The smallest absolute Gasteiger partial charge is 0.308 e. The van der Waals surface area contributed by atoms with Gasteiger partial charge in [-0.25, -0.2) is 0 Å². The van der Waals surface area contributed by atoms with Crippen LogP contribution in [0.5, 0.6) is 0 Å². The first kappa shape index (κ1) is 65.6. The Kier molecular flexibility index (Phi) is 36.6. The molecule has 2 aromatic carbocycles. The second-order valence-electron chi connectivity index (χ2n) is 21.8. The summed E-state index contributed by atoms with van der Waals surface area (Å²) in [6, 6.07) is 21.1. The Hall–Kier alpha value is -3.54. The molecular weight excluding hydrogens is 931 g/mol. The maximum Gasteiger partial charge on any atom is 0.308 e. The molecule has 3 atom stereocenters. The molecule has 0 bridgehead atoms. The Morgan fingerprint density at radius 1 is 0.493 bits per heavy atom. The highest BCUT2D eigenvalue weighted by molar-refractivity contribution is 6.99. The highest BCUT2D eigenvalue weighted by Gasteiger charge is 2.50. The van der Waals surface area contributed by atoms with E-state index in [0.717, 1.165) is 89.9 Å². The van der Waals surface area contributed by atoms with Crippen LogP contribution in [0.15, 0.2) is 60.7 Å². The third-order valence-electron chi connectivity index (χ3n) is 14.3. The van der Waals surface area contributed by atoms with E-state index < -0.39 is 26.4 Å². The molecule has 0 amide bonds. The number of esters is 4. The highest BCUT2D eigenvalue weighted by atomic mass is 28.4. The summed E-state index contributed by atoms with van der Waals surface area (Å²) in [7, 11) is -0.814. The van der Waals surface area contributed by atoms with Crippen molar-refractivity contribution in [1.29, 1.82) is 0 Å². The van der Waals surface area contributed by atoms with Crippen molar-refractivity contribution in [3.63, 3.8) is 0 Å². The van der Waals surface area contributed by atoms with Crippen LogP contribution in [0.25, 0.3) is 0 Å². The first-order valence-corrected chi connectivity index (χ1v) is 31.3. The lowest BCUT2D eigenvalue weighted by molar-refractivity contribution is -0.161. The van der Waals surface area contributed by atoms with Crippen LogP contribution >= 0.6 is 0 Å². The van der Waals surface area contributed by atoms with Gasteiger partial charge in [-0.05, 0) is 61.0 Å². The van der Waals surface area contributed by atoms with E-state index >= 15 is 0 Å². The van der Waals surface area contributed by atoms with Crippen molar-refractivity contribution in [3.05, 3.63) is 60.7 Å². The Bertz CT molecular complexity index is 1660. The zero-order valence-electron chi connectivity index (χ0n) is 47.7. The van der Waals surface area contributed by atoms with Crippen LogP contribution in [-0.4, -0.2) is 89.8 Å². The first-order valence-electron chi connectivity index (χ1n) is 29.4. The van der Waals surface area contributed by atoms with Crippen molar-refractivity contribution in [2.45, 2.75) is 239 Å². The van der Waals surface area contributed by atoms with Gasteiger partial charge in [-0.15, -0.1) is 0 Å². The van der Waals surface area contributed by atoms with Gasteiger partial charge in [-0.3, -0.25) is 19.2 Å². The molecule has 0 radical (unpaired) electrons. The second-order valence-corrected chi connectivity index (χ2v) is 26.1. The fourth-order valence-corrected chi connectivity index (χ4v) is 14.5. The summed E-state index contributed by atoms with van der Waals surface area (Å²) in [5.41, 5.74) is 0. The fraction of sp³-hybridized carbons (Fsp3) is 0.742. The fourth-order valence-electron chi connectivity index (χ4n) is 9.93. The lowest BCUT2D eigenvalue weighted by Gasteiger charge is -2.43. The molecule has 3 unspecified atom stereocenters. The van der Waals surface area contributed by atoms with E-state index in [4.69, 9.17) is 23.4 Å². The van der Waals surface area contributed by atoms with E-state index in [1.807, 2.05) is 19.2 Å². The number of likely N-dealkylation sites (N-methyl/N-ethyl adjacent to an activating group) is 1. The molecule has 2 aromatic rings. The number of hydrogen-bond acceptors (Lipinski definition) is 10. The number of carbonyl (C=O) groups is 4. The number of ether oxygens (including phenoxy) is 4. The van der Waals surface area contributed by atoms with Crippen LogP contribution in [0, 0.1) is 11.8 Å². The minimum absolute atomic E-state index is 0.0703. The molecule has 0 aliphatic rings. The van der Waals surface area contributed by atoms with Gasteiger partial charge in [-0.1, -0.05) is 238 Å². The molecule has 0 saturated carbocycles. The summed E-state index contributed by atoms with van der Waals surface area (Å²) in [5.74, 6) is -1.39. The monoisotopic (exact) mass is 1040 g/mol. The summed E-state index contributed by atoms with van der Waals surface area (Å²) >= 11 is 0. The summed E-state index contributed by atoms with van der Waals surface area (Å²) in [4.78, 5) is 55.2. The molecule has 11 heteroatoms. The molecule has 0 N–H and O–H groups in total. The molecule has 0 fully saturated rings. The molecule has 416 valence electrons. The number of nitrogens with zero attached hydrogens (tertiary/aromatic N) is 1. The molecule has 73 heavy (non-hydrogen) atoms. The summed E-state index contributed by atoms with van der Waals surface area (Å²) < 4.78 is 30.5. The Balaban J connectivity index is 2.08. The quantitative estimate of drug-likeness (QED) is 0.0275. The molecule has 2 rings (SSSR count). The van der Waals surface area contributed by atoms with Gasteiger partial charge >= 0.3 is 23.9 Å². The van der Waals surface area contributed by atoms with Gasteiger partial charge in [0.2, 0.25) is 0 Å². The molecule has 0 aliphatic heterocycles. The van der Waals surface area contributed by atoms with Crippen molar-refractivity contribution in [3.8, 4) is 0 Å². The van der Waals surface area contributed by atoms with Crippen molar-refractivity contribution in [2.24, 2.45) is 11.8 Å². The van der Waals surface area contributed by atoms with Gasteiger partial charge in [0.05, 0.1) is 25.0 Å². The van der Waals surface area contributed by atoms with Crippen LogP contribution in [0.2, 0.25) is 5.04 Å². The second kappa shape index (κ2) is 40.7. The van der Waals surface area contributed by atoms with Gasteiger partial charge in [0.1, 0.15) is 12.7 Å². The van der Waals surface area contributed by atoms with Crippen LogP contribution in [-0.2, 0) is 42.6 Å². The van der Waals surface area contributed by atoms with Gasteiger partial charge in [0.15, 0.2) is 0 Å². The Morgan fingerprint density at radius 3 is 1.29 bits per heavy atom. The highest BCUT2D eigenvalue weighted by Crippen LogP contribution is 2.36. The van der Waals surface area contributed by atoms with Gasteiger partial charge in [0.25, 0.3) is 8.32 Å². The van der Waals surface area contributed by atoms with Crippen LogP contribution in [0.4, 0.5) is 0 Å². The summed E-state index contributed by atoms with van der Waals surface area (Å²) in [6.07, 6.45) is 26.6. The lowest BCUT2D eigenvalue weighted by Crippen LogP contribution is -2.67. The van der Waals surface area contributed by atoms with E-state index in [2.05, 4.69) is 102 Å². The first-order chi connectivity index (χ1) is 35.3. The maximum atomic E-state index is 13.4. The van der Waals surface area contributed by atoms with Crippen molar-refractivity contribution < 1.29 is 42.6 Å². The minimum atomic E-state index is -2.77. The minimum Gasteiger partial charge on any atom is -0.465 e. The molecule has 10 nitrogen and oxygen atoms in total. The Morgan fingerprint density at radius 2 is 0.877 bits per heavy atom. The zero-order valence-corrected chi connectivity index (χ0v) is 48.7. The lowest BCUT2D eigenvalue weighted by atomic mass is 9.94. The summed E-state index contributed by atoms with van der Waals surface area (Å²) in [5, 5.41) is 2.22. The molecular formula is C62H105NO9Si. The molecule has 0 aliphatic carbocycles. The van der Waals surface area contributed by atoms with Crippen molar-refractivity contribution in [2.75, 3.05) is 46.6 Å². The average molecular weight is 1040 g/mol. The largest absolute Gasteiger partial charge is 0.465 e. The van der Waals surface area contributed by atoms with Crippen molar-refractivity contribution in [1.82, 2.24) is 4.90 Å². The summed E-state index contributed by atoms with van der Waals surface area (Å²) in [6.45, 7) is 17.1. The normalized spacial score (nSPS) is 13.1. The Labute approximate surface area is 446 Å². The zero-order chi connectivity index (χ0) is 53.4. The number of hydrogen-bond donors (Lipinski definition) is 0. The van der Waals surface area contributed by atoms with Gasteiger partial charge in [-0.2, -0.15) is 0 Å². The SMILES string of the molecule is CCCCCCCCC(CCCCCC)C(=O)OCCCC(=O)OCC(CN(C)CCO[Si](c1ccccc1)(c1ccccc1)C(C)(C)C)OC(=O)CCCOC(=O)C(CCCCCC)CCCCCCCC. The van der Waals surface area contributed by atoms with E-state index in [-0.39, 0.29) is 61.5 Å². The number of carbonyl (C=O) groups excluding carboxylic acids is 4. The van der Waals surface area contributed by atoms with Crippen LogP contribution in [0.1, 0.15) is 228 Å². The number of rotatable bonds is 45. The number of unbranched alkanes of at least 4 members (excludes halogenated alkanes) is 16. The van der Waals surface area contributed by atoms with Crippen LogP contribution < -0.4 is 10.4 Å². The average Bonchev–Trinajstić information content (AvgIpc) is 3.38. The van der Waals surface area contributed by atoms with Crippen molar-refractivity contribution >= 4 is 42.6 Å². The van der Waals surface area contributed by atoms with E-state index in [0.29, 0.717) is 32.5 Å². The molecule has 0 aromatic heterocycles. The topological polar surface area (TPSA) is 118 Å². The maximum absolute atomic E-state index is 13.4. The van der Waals surface area contributed by atoms with Gasteiger partial charge in [0, 0.05) is 32.5 Å². The third kappa shape index (κ3) is 28.2. The van der Waals surface area contributed by atoms with E-state index in [1.165, 1.54) is 74.6 Å². The molecule has 0 saturated heterocycles. The molecule has 0 heterocycles. The molecule has 0 spiro atoms. The predicted molar refractivity (Wildman–Crippen MR) is 303 cm³/mol. The van der Waals surface area contributed by atoms with E-state index in [9.17, 15) is 19.2 Å². The predicted octanol–water partition coefficient (Wildman–Crippen LogP) is 14.3. The standard InChI is InChI=1S/C62H105NO9Si/c1-9-13-17-21-23-29-39-53(37-27-19-15-11-3)60(66)68-48-35-45-58(64)70-52-55(72-59(65)46-36-49-69-61(67)54(38-28-20-16-12-4)40-30-24-22-18-14-10-2)51-63(8)47-50-71-73(62(5,6)7,56-41-31-25-32-42-56)57-43-33-26-34-44-57/h25-26,31-34,41-44,53-55H,9-24,27-30,35-40,45-52H2,1-8H3.